The molecule has 12 aromatic rings. The molecule has 0 aliphatic heterocycles. The molecule has 0 radical (unpaired) electrons. The van der Waals surface area contributed by atoms with Crippen LogP contribution >= 0.6 is 0 Å². The first kappa shape index (κ1) is 38.4. The molecule has 0 aliphatic rings. The van der Waals surface area contributed by atoms with Gasteiger partial charge in [-0.1, -0.05) is 74.5 Å². The van der Waals surface area contributed by atoms with Crippen LogP contribution in [0.2, 0.25) is 0 Å². The van der Waals surface area contributed by atoms with Gasteiger partial charge in [-0.25, -0.2) is 4.79 Å². The van der Waals surface area contributed by atoms with Crippen molar-refractivity contribution in [1.29, 1.82) is 0 Å². The summed E-state index contributed by atoms with van der Waals surface area (Å²) in [6, 6.07) is 44.0. The summed E-state index contributed by atoms with van der Waals surface area (Å²) < 4.78 is 0. The van der Waals surface area contributed by atoms with Gasteiger partial charge in [0.25, 0.3) is 0 Å². The first-order valence-electron chi connectivity index (χ1n) is 22.1. The van der Waals surface area contributed by atoms with Crippen molar-refractivity contribution in [2.75, 3.05) is 0 Å². The minimum Gasteiger partial charge on any atom is -0.478 e. The number of hydrogen-bond donors (Lipinski definition) is 7. The minimum atomic E-state index is -0.966. The molecule has 0 bridgehead atoms. The third-order valence-electron chi connectivity index (χ3n) is 13.8. The van der Waals surface area contributed by atoms with Gasteiger partial charge < -0.3 is 35.0 Å². The van der Waals surface area contributed by atoms with Gasteiger partial charge in [0, 0.05) is 120 Å². The molecule has 6 heterocycles. The molecular formula is C56H44N6O3. The van der Waals surface area contributed by atoms with Gasteiger partial charge >= 0.3 is 5.97 Å². The summed E-state index contributed by atoms with van der Waals surface area (Å²) in [7, 11) is 0. The molecule has 12 rings (SSSR count). The molecule has 0 amide bonds. The van der Waals surface area contributed by atoms with E-state index in [1.54, 1.807) is 0 Å². The Bertz CT molecular complexity index is 3810. The van der Waals surface area contributed by atoms with Crippen LogP contribution in [0, 0.1) is 0 Å². The van der Waals surface area contributed by atoms with Crippen LogP contribution in [0.25, 0.3) is 76.5 Å². The van der Waals surface area contributed by atoms with E-state index >= 15 is 0 Å². The summed E-state index contributed by atoms with van der Waals surface area (Å²) in [6.07, 6.45) is 8.52. The van der Waals surface area contributed by atoms with Gasteiger partial charge in [0.05, 0.1) is 5.56 Å². The second-order valence-corrected chi connectivity index (χ2v) is 17.6. The highest BCUT2D eigenvalue weighted by Gasteiger charge is 2.26. The zero-order chi connectivity index (χ0) is 43.9. The van der Waals surface area contributed by atoms with Crippen molar-refractivity contribution in [3.8, 4) is 11.1 Å². The van der Waals surface area contributed by atoms with Gasteiger partial charge in [-0.05, 0) is 117 Å². The summed E-state index contributed by atoms with van der Waals surface area (Å²) in [6.45, 7) is 4.20. The SMILES string of the molecule is CC(c1[nH]c2ccc(Cc3ccc4[nH]cc(C(C)c5[nH]c6ccc(-c7ccc8[nH]cc(Cc9cc%10ccccc%10[nH]9)c8c7)cc6c5C(=O)O)c4c3)cc2c1C=O)c1c[nH]c2ccccc12. The monoisotopic (exact) mass is 848 g/mol. The number of nitrogens with one attached hydrogen (secondary N) is 6. The molecule has 9 heteroatoms. The summed E-state index contributed by atoms with van der Waals surface area (Å²) in [4.78, 5) is 46.8. The number of aromatic nitrogens is 6. The predicted molar refractivity (Wildman–Crippen MR) is 262 cm³/mol. The zero-order valence-corrected chi connectivity index (χ0v) is 35.8. The van der Waals surface area contributed by atoms with E-state index in [0.29, 0.717) is 23.1 Å². The number of para-hydroxylation sites is 2. The quantitative estimate of drug-likeness (QED) is 0.0650. The lowest BCUT2D eigenvalue weighted by Gasteiger charge is -2.12. The molecule has 2 unspecified atom stereocenters. The van der Waals surface area contributed by atoms with Crippen molar-refractivity contribution in [3.63, 3.8) is 0 Å². The maximum absolute atomic E-state index is 13.2. The number of carbonyl (C=O) groups is 2. The third-order valence-corrected chi connectivity index (χ3v) is 13.8. The molecule has 7 N–H and O–H groups in total. The zero-order valence-electron chi connectivity index (χ0n) is 35.8. The summed E-state index contributed by atoms with van der Waals surface area (Å²) in [5.41, 5.74) is 17.2. The van der Waals surface area contributed by atoms with Crippen LogP contribution in [0.4, 0.5) is 0 Å². The number of aromatic amines is 6. The maximum Gasteiger partial charge on any atom is 0.338 e. The van der Waals surface area contributed by atoms with Crippen LogP contribution in [0.1, 0.15) is 91.3 Å². The lowest BCUT2D eigenvalue weighted by molar-refractivity contribution is 0.0697. The van der Waals surface area contributed by atoms with E-state index in [-0.39, 0.29) is 17.4 Å². The van der Waals surface area contributed by atoms with Crippen LogP contribution in [-0.2, 0) is 12.8 Å². The fourth-order valence-electron chi connectivity index (χ4n) is 10.4. The number of aromatic carboxylic acids is 1. The van der Waals surface area contributed by atoms with Gasteiger partial charge in [-0.15, -0.1) is 0 Å². The number of carbonyl (C=O) groups excluding carboxylic acids is 1. The first-order valence-corrected chi connectivity index (χ1v) is 22.1. The Labute approximate surface area is 372 Å². The van der Waals surface area contributed by atoms with E-state index in [1.807, 2.05) is 42.7 Å². The molecular weight excluding hydrogens is 805 g/mol. The van der Waals surface area contributed by atoms with Crippen molar-refractivity contribution in [1.82, 2.24) is 29.9 Å². The molecule has 9 nitrogen and oxygen atoms in total. The number of aldehydes is 1. The predicted octanol–water partition coefficient (Wildman–Crippen LogP) is 13.2. The standard InChI is InChI=1S/C56H44N6O3/c1-30(44-27-58-48-10-6-4-8-39(44)48)54-46(29-63)42-21-33(12-16-51(42)61-54)19-32-11-15-50-41(20-32)45(28-59-50)31(2)55-53(56(64)65)43-25-35(14-18-52(43)62-55)34-13-17-49-40(24-34)37(26-57-49)23-38-22-36-7-3-5-9-47(36)60-38/h3-18,20-22,24-31,57-62H,19,23H2,1-2H3,(H,64,65). The van der Waals surface area contributed by atoms with E-state index < -0.39 is 5.97 Å². The van der Waals surface area contributed by atoms with Crippen molar-refractivity contribution < 1.29 is 14.7 Å². The Hall–Kier alpha value is -8.30. The van der Waals surface area contributed by atoms with E-state index in [2.05, 4.69) is 147 Å². The van der Waals surface area contributed by atoms with Gasteiger partial charge in [0.15, 0.2) is 6.29 Å². The lowest BCUT2D eigenvalue weighted by Crippen LogP contribution is -2.05. The van der Waals surface area contributed by atoms with Crippen LogP contribution in [0.15, 0.2) is 146 Å². The minimum absolute atomic E-state index is 0.0181. The summed E-state index contributed by atoms with van der Waals surface area (Å²) in [5, 5.41) is 16.9. The Morgan fingerprint density at radius 1 is 0.538 bits per heavy atom. The molecule has 0 aliphatic carbocycles. The normalized spacial score (nSPS) is 13.0. The maximum atomic E-state index is 13.2. The average molecular weight is 849 g/mol. The van der Waals surface area contributed by atoms with Crippen molar-refractivity contribution in [2.45, 2.75) is 38.5 Å². The fourth-order valence-corrected chi connectivity index (χ4v) is 10.4. The lowest BCUT2D eigenvalue weighted by atomic mass is 9.92. The average Bonchev–Trinajstić information content (AvgIpc) is 4.19. The fraction of sp³-hybridized carbons (Fsp3) is 0.107. The molecule has 6 aromatic carbocycles. The second-order valence-electron chi connectivity index (χ2n) is 17.6. The molecule has 0 fully saturated rings. The van der Waals surface area contributed by atoms with Crippen LogP contribution in [0.3, 0.4) is 0 Å². The second kappa shape index (κ2) is 14.9. The number of fused-ring (bicyclic) bond motifs is 6. The van der Waals surface area contributed by atoms with Crippen LogP contribution in [0.5, 0.6) is 0 Å². The number of H-pyrrole nitrogens is 6. The van der Waals surface area contributed by atoms with Crippen molar-refractivity contribution >= 4 is 77.7 Å². The van der Waals surface area contributed by atoms with E-state index in [0.717, 1.165) is 112 Å². The van der Waals surface area contributed by atoms with Gasteiger partial charge in [-0.2, -0.15) is 0 Å². The largest absolute Gasteiger partial charge is 0.478 e. The smallest absolute Gasteiger partial charge is 0.338 e. The highest BCUT2D eigenvalue weighted by Crippen LogP contribution is 2.39. The molecule has 6 aromatic heterocycles. The molecule has 2 atom stereocenters. The molecule has 316 valence electrons. The van der Waals surface area contributed by atoms with Gasteiger partial charge in [0.2, 0.25) is 0 Å². The Kier molecular flexibility index (Phi) is 8.81. The number of hydrogen-bond acceptors (Lipinski definition) is 2. The Balaban J connectivity index is 0.843. The van der Waals surface area contributed by atoms with Crippen molar-refractivity contribution in [2.24, 2.45) is 0 Å². The van der Waals surface area contributed by atoms with Gasteiger partial charge in [0.1, 0.15) is 0 Å². The number of benzene rings is 6. The Morgan fingerprint density at radius 2 is 1.12 bits per heavy atom. The highest BCUT2D eigenvalue weighted by atomic mass is 16.4. The number of carboxylic acid groups (broad SMARTS) is 1. The molecule has 65 heavy (non-hydrogen) atoms. The molecule has 0 saturated carbocycles. The summed E-state index contributed by atoms with van der Waals surface area (Å²) in [5.74, 6) is -1.24. The Morgan fingerprint density at radius 3 is 1.89 bits per heavy atom. The number of carboxylic acids is 1. The molecule has 0 saturated heterocycles. The van der Waals surface area contributed by atoms with E-state index in [9.17, 15) is 14.7 Å². The molecule has 0 spiro atoms. The van der Waals surface area contributed by atoms with Gasteiger partial charge in [-0.3, -0.25) is 4.79 Å². The number of rotatable bonds is 11. The van der Waals surface area contributed by atoms with E-state index in [4.69, 9.17) is 0 Å². The summed E-state index contributed by atoms with van der Waals surface area (Å²) >= 11 is 0. The highest BCUT2D eigenvalue weighted by molar-refractivity contribution is 6.07. The van der Waals surface area contributed by atoms with Crippen LogP contribution in [-0.4, -0.2) is 47.3 Å². The topological polar surface area (TPSA) is 149 Å². The third kappa shape index (κ3) is 6.38. The van der Waals surface area contributed by atoms with Crippen LogP contribution < -0.4 is 0 Å². The van der Waals surface area contributed by atoms with E-state index in [1.165, 1.54) is 10.9 Å². The first-order chi connectivity index (χ1) is 31.8. The van der Waals surface area contributed by atoms with Crippen molar-refractivity contribution in [3.05, 3.63) is 202 Å².